The molecule has 0 aliphatic heterocycles. The predicted octanol–water partition coefficient (Wildman–Crippen LogP) is 2.16. The molecule has 4 heteroatoms. The Balaban J connectivity index is 2.33. The van der Waals surface area contributed by atoms with Crippen molar-refractivity contribution in [3.63, 3.8) is 0 Å². The number of rotatable bonds is 2. The summed E-state index contributed by atoms with van der Waals surface area (Å²) in [6.07, 6.45) is 3.83. The van der Waals surface area contributed by atoms with Crippen molar-refractivity contribution >= 4 is 11.3 Å². The van der Waals surface area contributed by atoms with E-state index in [9.17, 15) is 0 Å². The number of H-pyrrole nitrogens is 1. The van der Waals surface area contributed by atoms with Crippen LogP contribution in [0.15, 0.2) is 23.8 Å². The Labute approximate surface area is 80.6 Å². The molecule has 2 aromatic heterocycles. The number of aromatic amines is 1. The smallest absolute Gasteiger partial charge is 0.125 e. The highest BCUT2D eigenvalue weighted by Crippen LogP contribution is 2.24. The lowest BCUT2D eigenvalue weighted by Crippen LogP contribution is -2.04. The van der Waals surface area contributed by atoms with Crippen LogP contribution in [-0.2, 0) is 0 Å². The molecular weight excluding hydrogens is 182 g/mol. The van der Waals surface area contributed by atoms with Gasteiger partial charge in [-0.1, -0.05) is 0 Å². The van der Waals surface area contributed by atoms with Crippen molar-refractivity contribution in [2.75, 3.05) is 0 Å². The van der Waals surface area contributed by atoms with Crippen LogP contribution < -0.4 is 5.73 Å². The summed E-state index contributed by atoms with van der Waals surface area (Å²) >= 11 is 1.62. The number of nitrogens with one attached hydrogen (secondary N) is 1. The lowest BCUT2D eigenvalue weighted by Gasteiger charge is -1.96. The van der Waals surface area contributed by atoms with E-state index in [0.717, 1.165) is 16.3 Å². The van der Waals surface area contributed by atoms with Gasteiger partial charge in [0.2, 0.25) is 0 Å². The van der Waals surface area contributed by atoms with Gasteiger partial charge in [-0.05, 0) is 13.0 Å². The van der Waals surface area contributed by atoms with Crippen LogP contribution in [-0.4, -0.2) is 9.97 Å². The maximum absolute atomic E-state index is 5.72. The summed E-state index contributed by atoms with van der Waals surface area (Å²) in [4.78, 5) is 7.43. The molecule has 3 nitrogen and oxygen atoms in total. The first-order chi connectivity index (χ1) is 6.27. The van der Waals surface area contributed by atoms with Gasteiger partial charge < -0.3 is 10.7 Å². The molecule has 2 heterocycles. The molecule has 0 saturated carbocycles. The second-order valence-electron chi connectivity index (χ2n) is 2.97. The minimum Gasteiger partial charge on any atom is -0.367 e. The Morgan fingerprint density at radius 3 is 3.00 bits per heavy atom. The van der Waals surface area contributed by atoms with E-state index in [1.54, 1.807) is 11.3 Å². The van der Waals surface area contributed by atoms with Gasteiger partial charge in [0, 0.05) is 29.4 Å². The molecule has 0 radical (unpaired) electrons. The van der Waals surface area contributed by atoms with Crippen LogP contribution in [0.2, 0.25) is 0 Å². The topological polar surface area (TPSA) is 54.7 Å². The predicted molar refractivity (Wildman–Crippen MR) is 54.5 cm³/mol. The fourth-order valence-corrected chi connectivity index (χ4v) is 2.01. The first-order valence-corrected chi connectivity index (χ1v) is 4.99. The van der Waals surface area contributed by atoms with Gasteiger partial charge in [-0.2, -0.15) is 0 Å². The molecule has 0 amide bonds. The van der Waals surface area contributed by atoms with Crippen LogP contribution in [0, 0.1) is 0 Å². The molecule has 0 spiro atoms. The van der Waals surface area contributed by atoms with Crippen molar-refractivity contribution in [1.82, 2.24) is 9.97 Å². The van der Waals surface area contributed by atoms with Gasteiger partial charge in [0.15, 0.2) is 0 Å². The second-order valence-corrected chi connectivity index (χ2v) is 3.82. The molecular formula is C9H11N3S. The van der Waals surface area contributed by atoms with E-state index in [1.807, 2.05) is 30.8 Å². The van der Waals surface area contributed by atoms with Gasteiger partial charge in [-0.15, -0.1) is 11.3 Å². The van der Waals surface area contributed by atoms with Crippen molar-refractivity contribution in [2.24, 2.45) is 5.73 Å². The Morgan fingerprint density at radius 1 is 1.62 bits per heavy atom. The maximum Gasteiger partial charge on any atom is 0.125 e. The average Bonchev–Trinajstić information content (AvgIpc) is 2.75. The van der Waals surface area contributed by atoms with E-state index in [1.165, 1.54) is 0 Å². The number of thiazole rings is 1. The molecule has 3 N–H and O–H groups in total. The Bertz CT molecular complexity index is 375. The molecule has 0 aromatic carbocycles. The van der Waals surface area contributed by atoms with Crippen LogP contribution in [0.4, 0.5) is 0 Å². The normalized spacial score (nSPS) is 13.1. The zero-order valence-corrected chi connectivity index (χ0v) is 8.14. The van der Waals surface area contributed by atoms with Crippen LogP contribution in [0.3, 0.4) is 0 Å². The summed E-state index contributed by atoms with van der Waals surface area (Å²) in [6, 6.07) is 2.02. The Kier molecular flexibility index (Phi) is 2.16. The molecule has 13 heavy (non-hydrogen) atoms. The first kappa shape index (κ1) is 8.47. The van der Waals surface area contributed by atoms with Gasteiger partial charge in [0.05, 0.1) is 5.69 Å². The molecule has 1 atom stereocenters. The Morgan fingerprint density at radius 2 is 2.46 bits per heavy atom. The minimum absolute atomic E-state index is 0.0175. The van der Waals surface area contributed by atoms with Crippen LogP contribution in [0.5, 0.6) is 0 Å². The first-order valence-electron chi connectivity index (χ1n) is 4.11. The number of hydrogen-bond donors (Lipinski definition) is 2. The van der Waals surface area contributed by atoms with E-state index in [0.29, 0.717) is 0 Å². The standard InChI is InChI=1S/C9H11N3S/c1-6(10)8-5-13-9(12-8)7-2-3-11-4-7/h2-6,11H,10H2,1H3. The van der Waals surface area contributed by atoms with Gasteiger partial charge in [0.1, 0.15) is 5.01 Å². The number of hydrogen-bond acceptors (Lipinski definition) is 3. The monoisotopic (exact) mass is 193 g/mol. The Hall–Kier alpha value is -1.13. The molecule has 1 unspecified atom stereocenters. The van der Waals surface area contributed by atoms with E-state index < -0.39 is 0 Å². The third kappa shape index (κ3) is 1.64. The largest absolute Gasteiger partial charge is 0.367 e. The average molecular weight is 193 g/mol. The molecule has 0 aliphatic carbocycles. The third-order valence-electron chi connectivity index (χ3n) is 1.83. The quantitative estimate of drug-likeness (QED) is 0.767. The highest BCUT2D eigenvalue weighted by Gasteiger charge is 2.07. The maximum atomic E-state index is 5.72. The second kappa shape index (κ2) is 3.32. The third-order valence-corrected chi connectivity index (χ3v) is 2.74. The van der Waals surface area contributed by atoms with Crippen molar-refractivity contribution in [1.29, 1.82) is 0 Å². The van der Waals surface area contributed by atoms with Crippen LogP contribution in [0.1, 0.15) is 18.7 Å². The SMILES string of the molecule is CC(N)c1csc(-c2cc[nH]c2)n1. The van der Waals surface area contributed by atoms with E-state index in [2.05, 4.69) is 9.97 Å². The summed E-state index contributed by atoms with van der Waals surface area (Å²) in [5.74, 6) is 0. The number of aromatic nitrogens is 2. The fourth-order valence-electron chi connectivity index (χ4n) is 1.08. The molecule has 0 bridgehead atoms. The summed E-state index contributed by atoms with van der Waals surface area (Å²) in [6.45, 7) is 1.94. The van der Waals surface area contributed by atoms with Gasteiger partial charge in [0.25, 0.3) is 0 Å². The summed E-state index contributed by atoms with van der Waals surface area (Å²) in [5.41, 5.74) is 7.80. The van der Waals surface area contributed by atoms with Crippen molar-refractivity contribution in [3.05, 3.63) is 29.5 Å². The summed E-state index contributed by atoms with van der Waals surface area (Å²) in [5, 5.41) is 3.03. The highest BCUT2D eigenvalue weighted by atomic mass is 32.1. The highest BCUT2D eigenvalue weighted by molar-refractivity contribution is 7.13. The lowest BCUT2D eigenvalue weighted by molar-refractivity contribution is 0.790. The molecule has 2 rings (SSSR count). The summed E-state index contributed by atoms with van der Waals surface area (Å²) < 4.78 is 0. The van der Waals surface area contributed by atoms with Gasteiger partial charge in [-0.25, -0.2) is 4.98 Å². The van der Waals surface area contributed by atoms with E-state index in [-0.39, 0.29) is 6.04 Å². The molecule has 0 saturated heterocycles. The number of nitrogens with two attached hydrogens (primary N) is 1. The van der Waals surface area contributed by atoms with Crippen molar-refractivity contribution in [3.8, 4) is 10.6 Å². The van der Waals surface area contributed by atoms with E-state index in [4.69, 9.17) is 5.73 Å². The summed E-state index contributed by atoms with van der Waals surface area (Å²) in [7, 11) is 0. The van der Waals surface area contributed by atoms with Crippen molar-refractivity contribution < 1.29 is 0 Å². The lowest BCUT2D eigenvalue weighted by atomic mass is 10.3. The number of nitrogens with zero attached hydrogens (tertiary/aromatic N) is 1. The molecule has 0 fully saturated rings. The zero-order chi connectivity index (χ0) is 9.26. The molecule has 2 aromatic rings. The molecule has 0 aliphatic rings. The molecule has 68 valence electrons. The minimum atomic E-state index is 0.0175. The van der Waals surface area contributed by atoms with Gasteiger partial charge >= 0.3 is 0 Å². The zero-order valence-electron chi connectivity index (χ0n) is 7.32. The van der Waals surface area contributed by atoms with Crippen molar-refractivity contribution in [2.45, 2.75) is 13.0 Å². The van der Waals surface area contributed by atoms with Crippen LogP contribution in [0.25, 0.3) is 10.6 Å². The van der Waals surface area contributed by atoms with Crippen LogP contribution >= 0.6 is 11.3 Å². The fraction of sp³-hybridized carbons (Fsp3) is 0.222. The van der Waals surface area contributed by atoms with Gasteiger partial charge in [-0.3, -0.25) is 0 Å². The van der Waals surface area contributed by atoms with E-state index >= 15 is 0 Å².